The van der Waals surface area contributed by atoms with E-state index in [1.54, 1.807) is 22.7 Å². The van der Waals surface area contributed by atoms with Crippen LogP contribution in [0, 0.1) is 0 Å². The highest BCUT2D eigenvalue weighted by atomic mass is 32.1. The third kappa shape index (κ3) is 3.49. The van der Waals surface area contributed by atoms with Gasteiger partial charge in [-0.25, -0.2) is 0 Å². The van der Waals surface area contributed by atoms with Crippen molar-refractivity contribution in [2.45, 2.75) is 39.8 Å². The van der Waals surface area contributed by atoms with Crippen molar-refractivity contribution in [1.82, 2.24) is 17.9 Å². The molecule has 0 saturated carbocycles. The molecule has 6 aromatic rings. The Morgan fingerprint density at radius 3 is 1.60 bits per heavy atom. The highest BCUT2D eigenvalue weighted by molar-refractivity contribution is 7.22. The standard InChI is InChI=1S/C26H22N4O2S3/c1-3-7-29-15(13-31)9-23-19(29)11-21(33-23)17-5-6-18(26-25(17)27-35-28-26)22-12-20-24(34-22)10-16(14-32)30(20)8-4-2/h5-6,9-14H,3-4,7-8H2,1-2H3. The van der Waals surface area contributed by atoms with Gasteiger partial charge < -0.3 is 9.13 Å². The minimum Gasteiger partial charge on any atom is -0.338 e. The molecule has 0 spiro atoms. The molecule has 6 rings (SSSR count). The molecule has 0 unspecified atom stereocenters. The number of benzene rings is 1. The number of carbonyl (C=O) groups excluding carboxylic acids is 2. The molecule has 0 aliphatic heterocycles. The Hall–Kier alpha value is -3.14. The Kier molecular flexibility index (Phi) is 5.63. The average Bonchev–Trinajstić information content (AvgIpc) is 3.66. The second-order valence-electron chi connectivity index (χ2n) is 8.52. The number of nitrogens with zero attached hydrogens (tertiary/aromatic N) is 4. The largest absolute Gasteiger partial charge is 0.338 e. The van der Waals surface area contributed by atoms with Crippen molar-refractivity contribution in [2.75, 3.05) is 0 Å². The minimum absolute atomic E-state index is 0.727. The van der Waals surface area contributed by atoms with Gasteiger partial charge in [-0.1, -0.05) is 26.0 Å². The zero-order chi connectivity index (χ0) is 24.1. The molecule has 5 aromatic heterocycles. The van der Waals surface area contributed by atoms with Crippen molar-refractivity contribution in [1.29, 1.82) is 0 Å². The first-order chi connectivity index (χ1) is 17.2. The van der Waals surface area contributed by atoms with E-state index in [4.69, 9.17) is 0 Å². The number of rotatable bonds is 8. The quantitative estimate of drug-likeness (QED) is 0.196. The number of aldehydes is 2. The van der Waals surface area contributed by atoms with Crippen molar-refractivity contribution >= 4 is 78.4 Å². The molecule has 1 aromatic carbocycles. The highest BCUT2D eigenvalue weighted by Crippen LogP contribution is 2.43. The Morgan fingerprint density at radius 1 is 0.743 bits per heavy atom. The fraction of sp³-hybridized carbons (Fsp3) is 0.231. The molecule has 0 aliphatic rings. The molecule has 9 heteroatoms. The van der Waals surface area contributed by atoms with Crippen LogP contribution in [0.1, 0.15) is 47.7 Å². The highest BCUT2D eigenvalue weighted by Gasteiger charge is 2.20. The SMILES string of the molecule is CCCn1c(C=O)cc2sc(-c3ccc(-c4cc5c(cc(C=O)n5CCC)s4)c4nsnc34)cc21. The van der Waals surface area contributed by atoms with Crippen molar-refractivity contribution in [3.8, 4) is 20.9 Å². The molecule has 35 heavy (non-hydrogen) atoms. The maximum Gasteiger partial charge on any atom is 0.166 e. The zero-order valence-corrected chi connectivity index (χ0v) is 21.7. The molecule has 0 bridgehead atoms. The van der Waals surface area contributed by atoms with E-state index >= 15 is 0 Å². The van der Waals surface area contributed by atoms with Crippen LogP contribution in [0.15, 0.2) is 36.4 Å². The lowest BCUT2D eigenvalue weighted by Crippen LogP contribution is -2.00. The Bertz CT molecular complexity index is 1610. The van der Waals surface area contributed by atoms with Gasteiger partial charge in [0.05, 0.1) is 43.5 Å². The summed E-state index contributed by atoms with van der Waals surface area (Å²) in [6.45, 7) is 5.88. The molecule has 6 nitrogen and oxygen atoms in total. The predicted octanol–water partition coefficient (Wildman–Crippen LogP) is 7.50. The Labute approximate surface area is 213 Å². The number of hydrogen-bond acceptors (Lipinski definition) is 7. The van der Waals surface area contributed by atoms with Crippen LogP contribution in [0.25, 0.3) is 52.3 Å². The molecule has 0 fully saturated rings. The lowest BCUT2D eigenvalue weighted by molar-refractivity contribution is 0.110. The fourth-order valence-corrected chi connectivity index (χ4v) is 7.64. The van der Waals surface area contributed by atoms with Crippen LogP contribution in [-0.2, 0) is 13.1 Å². The molecule has 0 atom stereocenters. The zero-order valence-electron chi connectivity index (χ0n) is 19.3. The lowest BCUT2D eigenvalue weighted by Gasteiger charge is -2.05. The van der Waals surface area contributed by atoms with Gasteiger partial charge in [-0.3, -0.25) is 9.59 Å². The lowest BCUT2D eigenvalue weighted by atomic mass is 10.1. The van der Waals surface area contributed by atoms with Crippen LogP contribution in [0.4, 0.5) is 0 Å². The van der Waals surface area contributed by atoms with Crippen molar-refractivity contribution in [3.63, 3.8) is 0 Å². The Balaban J connectivity index is 1.47. The van der Waals surface area contributed by atoms with Crippen LogP contribution in [0.3, 0.4) is 0 Å². The summed E-state index contributed by atoms with van der Waals surface area (Å²) < 4.78 is 15.8. The number of hydrogen-bond donors (Lipinski definition) is 0. The summed E-state index contributed by atoms with van der Waals surface area (Å²) in [5, 5.41) is 0. The van der Waals surface area contributed by atoms with Crippen LogP contribution in [-0.4, -0.2) is 30.5 Å². The molecular formula is C26H22N4O2S3. The Morgan fingerprint density at radius 2 is 1.20 bits per heavy atom. The molecule has 5 heterocycles. The summed E-state index contributed by atoms with van der Waals surface area (Å²) in [6.07, 6.45) is 3.81. The fourth-order valence-electron chi connectivity index (χ4n) is 4.79. The number of aromatic nitrogens is 4. The van der Waals surface area contributed by atoms with Crippen molar-refractivity contribution in [3.05, 3.63) is 47.8 Å². The van der Waals surface area contributed by atoms with E-state index in [2.05, 4.69) is 56.0 Å². The van der Waals surface area contributed by atoms with Crippen LogP contribution in [0.5, 0.6) is 0 Å². The maximum absolute atomic E-state index is 11.5. The van der Waals surface area contributed by atoms with Gasteiger partial charge in [0.1, 0.15) is 11.0 Å². The molecule has 0 radical (unpaired) electrons. The van der Waals surface area contributed by atoms with Crippen LogP contribution >= 0.6 is 34.4 Å². The molecule has 0 saturated heterocycles. The third-order valence-corrected chi connectivity index (χ3v) is 9.06. The van der Waals surface area contributed by atoms with E-state index in [1.807, 2.05) is 12.1 Å². The second-order valence-corrected chi connectivity index (χ2v) is 11.2. The average molecular weight is 519 g/mol. The number of fused-ring (bicyclic) bond motifs is 3. The normalized spacial score (nSPS) is 11.8. The second kappa shape index (κ2) is 8.82. The topological polar surface area (TPSA) is 69.8 Å². The van der Waals surface area contributed by atoms with Crippen molar-refractivity contribution < 1.29 is 9.59 Å². The van der Waals surface area contributed by atoms with Crippen molar-refractivity contribution in [2.24, 2.45) is 0 Å². The number of carbonyl (C=O) groups is 2. The first kappa shape index (κ1) is 22.3. The van der Waals surface area contributed by atoms with Gasteiger partial charge in [0.2, 0.25) is 0 Å². The summed E-state index contributed by atoms with van der Waals surface area (Å²) in [5.74, 6) is 0. The van der Waals surface area contributed by atoms with Gasteiger partial charge in [-0.05, 0) is 37.1 Å². The van der Waals surface area contributed by atoms with E-state index < -0.39 is 0 Å². The van der Waals surface area contributed by atoms with Gasteiger partial charge in [-0.2, -0.15) is 8.75 Å². The molecule has 0 amide bonds. The summed E-state index contributed by atoms with van der Waals surface area (Å²) >= 11 is 4.60. The summed E-state index contributed by atoms with van der Waals surface area (Å²) in [6, 6.07) is 12.6. The van der Waals surface area contributed by atoms with E-state index in [0.29, 0.717) is 0 Å². The van der Waals surface area contributed by atoms with Gasteiger partial charge in [0.15, 0.2) is 12.6 Å². The maximum atomic E-state index is 11.5. The first-order valence-electron chi connectivity index (χ1n) is 11.6. The van der Waals surface area contributed by atoms with Crippen LogP contribution in [0.2, 0.25) is 0 Å². The summed E-state index contributed by atoms with van der Waals surface area (Å²) in [7, 11) is 0. The third-order valence-electron chi connectivity index (χ3n) is 6.33. The minimum atomic E-state index is 0.727. The van der Waals surface area contributed by atoms with Crippen LogP contribution < -0.4 is 0 Å². The van der Waals surface area contributed by atoms with Gasteiger partial charge in [-0.15, -0.1) is 22.7 Å². The predicted molar refractivity (Wildman–Crippen MR) is 146 cm³/mol. The van der Waals surface area contributed by atoms with Gasteiger partial charge >= 0.3 is 0 Å². The van der Waals surface area contributed by atoms with E-state index in [-0.39, 0.29) is 0 Å². The summed E-state index contributed by atoms with van der Waals surface area (Å²) in [5.41, 5.74) is 7.57. The van der Waals surface area contributed by atoms with E-state index in [9.17, 15) is 9.59 Å². The van der Waals surface area contributed by atoms with Gasteiger partial charge in [0.25, 0.3) is 0 Å². The smallest absolute Gasteiger partial charge is 0.166 e. The number of aryl methyl sites for hydroxylation is 2. The molecule has 176 valence electrons. The van der Waals surface area contributed by atoms with Gasteiger partial charge in [0, 0.05) is 34.0 Å². The molecular weight excluding hydrogens is 497 g/mol. The molecule has 0 aliphatic carbocycles. The van der Waals surface area contributed by atoms with E-state index in [1.165, 1.54) is 11.7 Å². The van der Waals surface area contributed by atoms with E-state index in [0.717, 1.165) is 102 Å². The first-order valence-corrected chi connectivity index (χ1v) is 14.0. The summed E-state index contributed by atoms with van der Waals surface area (Å²) in [4.78, 5) is 25.3. The monoisotopic (exact) mass is 518 g/mol. The molecule has 0 N–H and O–H groups in total. The number of thiophene rings is 2.